The highest BCUT2D eigenvalue weighted by Crippen LogP contribution is 2.37. The third-order valence-corrected chi connectivity index (χ3v) is 7.11. The van der Waals surface area contributed by atoms with E-state index >= 15 is 0 Å². The highest BCUT2D eigenvalue weighted by molar-refractivity contribution is 7.99. The summed E-state index contributed by atoms with van der Waals surface area (Å²) in [5, 5.41) is 36.9. The highest BCUT2D eigenvalue weighted by atomic mass is 32.2. The van der Waals surface area contributed by atoms with Gasteiger partial charge < -0.3 is 43.8 Å². The van der Waals surface area contributed by atoms with Crippen molar-refractivity contribution in [3.63, 3.8) is 0 Å². The van der Waals surface area contributed by atoms with Gasteiger partial charge in [0.15, 0.2) is 5.16 Å². The molecular formula is C25H31N3O9S. The fourth-order valence-corrected chi connectivity index (χ4v) is 4.97. The van der Waals surface area contributed by atoms with E-state index in [0.717, 1.165) is 5.16 Å². The van der Waals surface area contributed by atoms with Gasteiger partial charge in [0, 0.05) is 30.8 Å². The zero-order valence-corrected chi connectivity index (χ0v) is 22.4. The number of nitrogens with one attached hydrogen (secondary N) is 1. The number of aromatic amines is 1. The minimum atomic E-state index is -1.40. The number of nitrogens with zero attached hydrogens (tertiary/aromatic N) is 2. The van der Waals surface area contributed by atoms with Crippen LogP contribution in [0.15, 0.2) is 44.1 Å². The number of methoxy groups -OCH3 is 1. The number of fused-ring (bicyclic) bond motifs is 1. The van der Waals surface area contributed by atoms with Crippen LogP contribution >= 0.6 is 11.8 Å². The number of imidazole rings is 1. The van der Waals surface area contributed by atoms with Gasteiger partial charge in [-0.05, 0) is 39.8 Å². The number of thioether (sulfide) groups is 1. The van der Waals surface area contributed by atoms with E-state index < -0.39 is 35.8 Å². The molecule has 1 aromatic carbocycles. The number of aliphatic hydroxyl groups excluding tert-OH is 2. The Morgan fingerprint density at radius 2 is 2.05 bits per heavy atom. The Morgan fingerprint density at radius 3 is 2.74 bits per heavy atom. The molecule has 1 aliphatic heterocycles. The van der Waals surface area contributed by atoms with Gasteiger partial charge in [-0.2, -0.15) is 0 Å². The van der Waals surface area contributed by atoms with Gasteiger partial charge in [-0.25, -0.2) is 9.78 Å². The second-order valence-corrected chi connectivity index (χ2v) is 10.4. The molecule has 0 spiro atoms. The molecule has 0 aliphatic carbocycles. The normalized spacial score (nSPS) is 23.5. The van der Waals surface area contributed by atoms with Crippen LogP contribution in [0, 0.1) is 6.92 Å². The molecule has 0 bridgehead atoms. The number of hydrogen-bond acceptors (Lipinski definition) is 12. The lowest BCUT2D eigenvalue weighted by molar-refractivity contribution is -0.306. The molecule has 1 fully saturated rings. The molecule has 12 nitrogen and oxygen atoms in total. The number of benzene rings is 1. The molecule has 0 radical (unpaired) electrons. The van der Waals surface area contributed by atoms with Gasteiger partial charge in [0.05, 0.1) is 16.7 Å². The monoisotopic (exact) mass is 549 g/mol. The van der Waals surface area contributed by atoms with Crippen molar-refractivity contribution in [2.24, 2.45) is 5.16 Å². The average molecular weight is 550 g/mol. The van der Waals surface area contributed by atoms with Gasteiger partial charge in [0.1, 0.15) is 47.6 Å². The van der Waals surface area contributed by atoms with Crippen molar-refractivity contribution >= 4 is 28.4 Å². The smallest absolute Gasteiger partial charge is 0.349 e. The molecule has 206 valence electrons. The van der Waals surface area contributed by atoms with Crippen LogP contribution < -0.4 is 10.4 Å². The van der Waals surface area contributed by atoms with E-state index in [1.54, 1.807) is 39.2 Å². The van der Waals surface area contributed by atoms with Crippen molar-refractivity contribution in [2.45, 2.75) is 63.1 Å². The molecule has 2 aromatic heterocycles. The Morgan fingerprint density at radius 1 is 1.29 bits per heavy atom. The van der Waals surface area contributed by atoms with Crippen LogP contribution in [0.5, 0.6) is 11.5 Å². The number of H-pyrrole nitrogens is 1. The van der Waals surface area contributed by atoms with Crippen LogP contribution in [0.4, 0.5) is 0 Å². The van der Waals surface area contributed by atoms with Crippen LogP contribution in [0.3, 0.4) is 0 Å². The van der Waals surface area contributed by atoms with Crippen molar-refractivity contribution in [3.05, 3.63) is 46.1 Å². The van der Waals surface area contributed by atoms with E-state index in [4.69, 9.17) is 23.5 Å². The second-order valence-electron chi connectivity index (χ2n) is 9.28. The lowest BCUT2D eigenvalue weighted by Crippen LogP contribution is -2.63. The molecule has 4 atom stereocenters. The first-order valence-electron chi connectivity index (χ1n) is 11.9. The maximum absolute atomic E-state index is 12.8. The summed E-state index contributed by atoms with van der Waals surface area (Å²) in [7, 11) is 1.42. The Bertz CT molecular complexity index is 1360. The van der Waals surface area contributed by atoms with E-state index in [0.29, 0.717) is 11.3 Å². The summed E-state index contributed by atoms with van der Waals surface area (Å²) in [5.41, 5.74) is -1.25. The number of rotatable bonds is 9. The zero-order valence-electron chi connectivity index (χ0n) is 21.6. The quantitative estimate of drug-likeness (QED) is 0.102. The first-order chi connectivity index (χ1) is 18.0. The molecule has 13 heteroatoms. The molecule has 4 N–H and O–H groups in total. The van der Waals surface area contributed by atoms with Gasteiger partial charge in [0.25, 0.3) is 0 Å². The zero-order chi connectivity index (χ0) is 27.6. The third kappa shape index (κ3) is 5.52. The lowest BCUT2D eigenvalue weighted by Gasteiger charge is -2.46. The molecule has 0 saturated carbocycles. The van der Waals surface area contributed by atoms with Gasteiger partial charge in [-0.15, -0.1) is 0 Å². The second kappa shape index (κ2) is 11.3. The van der Waals surface area contributed by atoms with Gasteiger partial charge >= 0.3 is 5.63 Å². The third-order valence-electron chi connectivity index (χ3n) is 6.24. The largest absolute Gasteiger partial charge is 0.506 e. The van der Waals surface area contributed by atoms with Crippen molar-refractivity contribution in [3.8, 4) is 11.5 Å². The number of hydrogen-bond donors (Lipinski definition) is 4. The Labute approximate surface area is 222 Å². The van der Waals surface area contributed by atoms with Crippen LogP contribution in [0.1, 0.15) is 31.9 Å². The van der Waals surface area contributed by atoms with Crippen molar-refractivity contribution in [1.82, 2.24) is 9.97 Å². The van der Waals surface area contributed by atoms with E-state index in [-0.39, 0.29) is 40.4 Å². The minimum absolute atomic E-state index is 0.0946. The minimum Gasteiger partial charge on any atom is -0.506 e. The molecular weight excluding hydrogens is 518 g/mol. The Hall–Kier alpha value is -3.10. The predicted octanol–water partition coefficient (Wildman–Crippen LogP) is 2.31. The van der Waals surface area contributed by atoms with Crippen LogP contribution in [0.2, 0.25) is 0 Å². The number of aryl methyl sites for hydroxylation is 1. The maximum atomic E-state index is 12.8. The van der Waals surface area contributed by atoms with Crippen LogP contribution in [-0.2, 0) is 14.3 Å². The number of ether oxygens (including phenoxy) is 3. The molecule has 3 aromatic rings. The predicted molar refractivity (Wildman–Crippen MR) is 139 cm³/mol. The SMILES string of the molecule is CO[C@@H]1[C@H](O)[C@@H](O)[C@H](Oc2ccc3c(O)c(C(C)=NOCCSc4ncc[nH]4)c(=O)oc3c2C)OC1(C)C. The van der Waals surface area contributed by atoms with Crippen LogP contribution in [-0.4, -0.2) is 80.7 Å². The summed E-state index contributed by atoms with van der Waals surface area (Å²) >= 11 is 1.45. The fraction of sp³-hybridized carbons (Fsp3) is 0.480. The van der Waals surface area contributed by atoms with Gasteiger partial charge in [-0.3, -0.25) is 0 Å². The summed E-state index contributed by atoms with van der Waals surface area (Å²) in [6, 6.07) is 3.07. The highest BCUT2D eigenvalue weighted by Gasteiger charge is 2.50. The summed E-state index contributed by atoms with van der Waals surface area (Å²) in [4.78, 5) is 25.2. The molecule has 4 rings (SSSR count). The maximum Gasteiger partial charge on any atom is 0.349 e. The number of aromatic nitrogens is 2. The molecule has 1 aliphatic rings. The summed E-state index contributed by atoms with van der Waals surface area (Å²) in [5.74, 6) is 0.497. The lowest BCUT2D eigenvalue weighted by atomic mass is 9.89. The molecule has 0 amide bonds. The van der Waals surface area contributed by atoms with E-state index in [2.05, 4.69) is 15.1 Å². The molecule has 1 saturated heterocycles. The Balaban J connectivity index is 1.53. The topological polar surface area (TPSA) is 169 Å². The van der Waals surface area contributed by atoms with E-state index in [1.807, 2.05) is 0 Å². The standard InChI is InChI=1S/C25H31N3O9S/c1-12-15(35-23-19(31)18(30)21(33-5)25(3,4)37-23)7-6-14-17(29)16(22(32)36-20(12)14)13(2)28-34-10-11-38-24-26-8-9-27-24/h6-9,18-19,21,23,29-31H,10-11H2,1-5H3,(H,26,27)/t18-,19-,21-,23-/m1/s1. The van der Waals surface area contributed by atoms with Crippen LogP contribution in [0.25, 0.3) is 11.0 Å². The van der Waals surface area contributed by atoms with Crippen molar-refractivity contribution in [2.75, 3.05) is 19.5 Å². The molecule has 3 heterocycles. The van der Waals surface area contributed by atoms with Gasteiger partial charge in [-0.1, -0.05) is 16.9 Å². The first-order valence-corrected chi connectivity index (χ1v) is 12.9. The first kappa shape index (κ1) is 27.9. The molecule has 0 unspecified atom stereocenters. The fourth-order valence-electron chi connectivity index (χ4n) is 4.34. The number of aliphatic hydroxyl groups is 2. The number of aromatic hydroxyl groups is 1. The van der Waals surface area contributed by atoms with E-state index in [1.165, 1.54) is 31.9 Å². The molecule has 38 heavy (non-hydrogen) atoms. The Kier molecular flexibility index (Phi) is 8.33. The van der Waals surface area contributed by atoms with Crippen molar-refractivity contribution < 1.29 is 38.8 Å². The van der Waals surface area contributed by atoms with E-state index in [9.17, 15) is 20.1 Å². The summed E-state index contributed by atoms with van der Waals surface area (Å²) in [6.45, 7) is 6.85. The van der Waals surface area contributed by atoms with Gasteiger partial charge in [0.2, 0.25) is 6.29 Å². The summed E-state index contributed by atoms with van der Waals surface area (Å²) < 4.78 is 22.6. The average Bonchev–Trinajstić information content (AvgIpc) is 3.38. The van der Waals surface area contributed by atoms with Crippen molar-refractivity contribution in [1.29, 1.82) is 0 Å². The number of oxime groups is 1. The summed E-state index contributed by atoms with van der Waals surface area (Å²) in [6.07, 6.45) is -1.28.